The monoisotopic (exact) mass is 568 g/mol. The van der Waals surface area contributed by atoms with Gasteiger partial charge in [-0.1, -0.05) is 0 Å². The maximum Gasteiger partial charge on any atom is 0.462 e. The fourth-order valence-corrected chi connectivity index (χ4v) is 2.18. The van der Waals surface area contributed by atoms with Crippen molar-refractivity contribution in [3.8, 4) is 0 Å². The highest BCUT2D eigenvalue weighted by Gasteiger charge is 2.85. The molecule has 0 unspecified atom stereocenters. The van der Waals surface area contributed by atoms with Crippen LogP contribution in [0.5, 0.6) is 0 Å². The largest absolute Gasteiger partial charge is 0.515 e. The number of ether oxygens (including phenoxy) is 2. The molecule has 0 aliphatic rings. The van der Waals surface area contributed by atoms with E-state index in [0.717, 1.165) is 19.6 Å². The van der Waals surface area contributed by atoms with Crippen molar-refractivity contribution in [1.82, 2.24) is 0 Å². The van der Waals surface area contributed by atoms with Gasteiger partial charge >= 0.3 is 54.3 Å². The van der Waals surface area contributed by atoms with Gasteiger partial charge < -0.3 is 4.43 Å². The molecule has 0 aromatic heterocycles. The molecule has 0 radical (unpaired) electrons. The Morgan fingerprint density at radius 2 is 0.941 bits per heavy atom. The van der Waals surface area contributed by atoms with Crippen LogP contribution in [-0.2, 0) is 18.7 Å². The highest BCUT2D eigenvalue weighted by Crippen LogP contribution is 2.56. The van der Waals surface area contributed by atoms with Gasteiger partial charge in [-0.15, -0.1) is 0 Å². The first-order chi connectivity index (χ1) is 14.3. The van der Waals surface area contributed by atoms with Crippen molar-refractivity contribution in [1.29, 1.82) is 0 Å². The summed E-state index contributed by atoms with van der Waals surface area (Å²) in [5, 5.41) is 0. The van der Waals surface area contributed by atoms with Gasteiger partial charge in [0, 0.05) is 0 Å². The van der Waals surface area contributed by atoms with Crippen LogP contribution in [0.2, 0.25) is 19.6 Å². The van der Waals surface area contributed by atoms with Crippen molar-refractivity contribution >= 4 is 14.3 Å². The summed E-state index contributed by atoms with van der Waals surface area (Å²) in [5.74, 6) is -26.3. The molecule has 0 amide bonds. The summed E-state index contributed by atoms with van der Waals surface area (Å²) in [7, 11) is -3.76. The van der Waals surface area contributed by atoms with E-state index in [1.54, 1.807) is 0 Å². The molecule has 0 N–H and O–H groups in total. The van der Waals surface area contributed by atoms with Crippen LogP contribution in [0.1, 0.15) is 0 Å². The van der Waals surface area contributed by atoms with Crippen LogP contribution in [0.25, 0.3) is 0 Å². The van der Waals surface area contributed by atoms with Crippen molar-refractivity contribution in [2.75, 3.05) is 0 Å². The Bertz CT molecular complexity index is 752. The fourth-order valence-electron chi connectivity index (χ4n) is 1.49. The first-order valence-corrected chi connectivity index (χ1v) is 11.0. The minimum Gasteiger partial charge on any atom is -0.515 e. The lowest BCUT2D eigenvalue weighted by atomic mass is 10.2. The van der Waals surface area contributed by atoms with Crippen molar-refractivity contribution in [3.63, 3.8) is 0 Å². The minimum absolute atomic E-state index is 0.762. The van der Waals surface area contributed by atoms with Crippen molar-refractivity contribution in [2.24, 2.45) is 0 Å². The molecule has 0 aromatic carbocycles. The lowest BCUT2D eigenvalue weighted by Crippen LogP contribution is -2.68. The van der Waals surface area contributed by atoms with E-state index in [9.17, 15) is 79.4 Å². The number of halogens is 17. The Hall–Kier alpha value is -1.58. The van der Waals surface area contributed by atoms with Crippen LogP contribution in [0.4, 0.5) is 74.6 Å². The predicted molar refractivity (Wildman–Crippen MR) is 72.3 cm³/mol. The molecule has 0 heterocycles. The molecule has 0 rings (SSSR count). The molecular formula is C12H9F17O4Si. The van der Waals surface area contributed by atoms with E-state index in [1.807, 2.05) is 4.74 Å². The second kappa shape index (κ2) is 8.52. The number of hydrogen-bond donors (Lipinski definition) is 0. The van der Waals surface area contributed by atoms with Gasteiger partial charge in [0.05, 0.1) is 0 Å². The average Bonchev–Trinajstić information content (AvgIpc) is 2.48. The normalized spacial score (nSPS) is 18.8. The fraction of sp³-hybridized carbons (Fsp3) is 0.917. The van der Waals surface area contributed by atoms with Crippen LogP contribution < -0.4 is 0 Å². The number of alkyl halides is 17. The summed E-state index contributed by atoms with van der Waals surface area (Å²) in [6.45, 7) is 2.29. The molecule has 34 heavy (non-hydrogen) atoms. The van der Waals surface area contributed by atoms with Crippen LogP contribution in [0, 0.1) is 0 Å². The van der Waals surface area contributed by atoms with Crippen LogP contribution >= 0.6 is 0 Å². The summed E-state index contributed by atoms with van der Waals surface area (Å²) in [5.41, 5.74) is 0. The highest BCUT2D eigenvalue weighted by molar-refractivity contribution is 6.71. The van der Waals surface area contributed by atoms with Crippen LogP contribution in [-0.4, -0.2) is 62.7 Å². The SMILES string of the molecule is C[Si](C)(C)OC(=O)[C@@](F)(OC(F)(F)[C@@](F)(OC(F)(F)C(F)(F)C(F)(F)F)C(F)(F)F)C(F)(F)F. The number of carbonyl (C=O) groups excluding carboxylic acids is 1. The lowest BCUT2D eigenvalue weighted by Gasteiger charge is -2.40. The van der Waals surface area contributed by atoms with Gasteiger partial charge in [0.25, 0.3) is 0 Å². The summed E-state index contributed by atoms with van der Waals surface area (Å²) in [6, 6.07) is 0. The third-order valence-corrected chi connectivity index (χ3v) is 3.82. The van der Waals surface area contributed by atoms with Gasteiger partial charge in [-0.3, -0.25) is 9.47 Å². The molecule has 0 saturated carbocycles. The van der Waals surface area contributed by atoms with Gasteiger partial charge in [-0.05, 0) is 19.6 Å². The third kappa shape index (κ3) is 5.97. The molecule has 0 aliphatic carbocycles. The first kappa shape index (κ1) is 32.4. The first-order valence-electron chi connectivity index (χ1n) is 7.64. The molecule has 0 spiro atoms. The Kier molecular flexibility index (Phi) is 8.12. The summed E-state index contributed by atoms with van der Waals surface area (Å²) in [6.07, 6.45) is -38.5. The quantitative estimate of drug-likeness (QED) is 0.257. The molecule has 2 atom stereocenters. The zero-order chi connectivity index (χ0) is 28.2. The van der Waals surface area contributed by atoms with Gasteiger partial charge in [-0.2, -0.15) is 74.6 Å². The zero-order valence-corrected chi connectivity index (χ0v) is 17.1. The van der Waals surface area contributed by atoms with E-state index in [-0.39, 0.29) is 0 Å². The van der Waals surface area contributed by atoms with Gasteiger partial charge in [0.15, 0.2) is 0 Å². The van der Waals surface area contributed by atoms with Crippen molar-refractivity contribution in [2.45, 2.75) is 68.0 Å². The van der Waals surface area contributed by atoms with Gasteiger partial charge in [-0.25, -0.2) is 4.79 Å². The summed E-state index contributed by atoms with van der Waals surface area (Å²) < 4.78 is 227. The molecule has 22 heteroatoms. The second-order valence-corrected chi connectivity index (χ2v) is 11.4. The molecule has 204 valence electrons. The zero-order valence-electron chi connectivity index (χ0n) is 16.1. The molecule has 0 aliphatic heterocycles. The Labute approximate surface area is 177 Å². The van der Waals surface area contributed by atoms with Crippen LogP contribution in [0.15, 0.2) is 0 Å². The van der Waals surface area contributed by atoms with E-state index >= 15 is 0 Å². The maximum absolute atomic E-state index is 14.1. The van der Waals surface area contributed by atoms with Gasteiger partial charge in [0.2, 0.25) is 8.32 Å². The third-order valence-electron chi connectivity index (χ3n) is 3.02. The molecule has 0 saturated heterocycles. The highest BCUT2D eigenvalue weighted by atomic mass is 28.4. The number of hydrogen-bond acceptors (Lipinski definition) is 4. The van der Waals surface area contributed by atoms with Gasteiger partial charge in [0.1, 0.15) is 0 Å². The minimum atomic E-state index is -8.04. The summed E-state index contributed by atoms with van der Waals surface area (Å²) in [4.78, 5) is 11.4. The van der Waals surface area contributed by atoms with E-state index in [1.165, 1.54) is 4.74 Å². The maximum atomic E-state index is 14.1. The van der Waals surface area contributed by atoms with Crippen molar-refractivity contribution in [3.05, 3.63) is 0 Å². The molecule has 0 fully saturated rings. The molecule has 0 aromatic rings. The second-order valence-electron chi connectivity index (χ2n) is 7.00. The Morgan fingerprint density at radius 3 is 1.21 bits per heavy atom. The average molecular weight is 568 g/mol. The van der Waals surface area contributed by atoms with E-state index < -0.39 is 62.7 Å². The standard InChI is InChI=1S/C12H9F17O4Si/c1-34(2,3)31-4(30)5(13,8(17,18)19)32-12(28,29)7(16,10(23,24)25)33-11(26,27)6(14,15)9(20,21)22/h1-3H3/t5-,7+/m1/s1. The number of carbonyl (C=O) groups is 1. The molecule has 0 bridgehead atoms. The molecular weight excluding hydrogens is 559 g/mol. The predicted octanol–water partition coefficient (Wildman–Crippen LogP) is 6.24. The Morgan fingerprint density at radius 1 is 0.559 bits per heavy atom. The smallest absolute Gasteiger partial charge is 0.462 e. The van der Waals surface area contributed by atoms with E-state index in [0.29, 0.717) is 0 Å². The topological polar surface area (TPSA) is 44.8 Å². The summed E-state index contributed by atoms with van der Waals surface area (Å²) >= 11 is 0. The van der Waals surface area contributed by atoms with E-state index in [2.05, 4.69) is 4.43 Å². The molecule has 4 nitrogen and oxygen atoms in total. The van der Waals surface area contributed by atoms with Crippen LogP contribution in [0.3, 0.4) is 0 Å². The number of rotatable bonds is 8. The van der Waals surface area contributed by atoms with E-state index in [4.69, 9.17) is 0 Å². The lowest BCUT2D eigenvalue weighted by molar-refractivity contribution is -0.548. The van der Waals surface area contributed by atoms with Crippen molar-refractivity contribution < 1.29 is 93.3 Å². The Balaban J connectivity index is 6.79.